The first-order valence-corrected chi connectivity index (χ1v) is 5.87. The Hall–Kier alpha value is -1.82. The number of rotatable bonds is 6. The maximum atomic E-state index is 10.4. The van der Waals surface area contributed by atoms with Gasteiger partial charge in [-0.2, -0.15) is 0 Å². The molecule has 0 saturated heterocycles. The third kappa shape index (κ3) is 4.58. The van der Waals surface area contributed by atoms with Gasteiger partial charge >= 0.3 is 0 Å². The average Bonchev–Trinajstić information content (AvgIpc) is 2.30. The first-order valence-electron chi connectivity index (χ1n) is 5.49. The lowest BCUT2D eigenvalue weighted by molar-refractivity contribution is -0.404. The van der Waals surface area contributed by atoms with Gasteiger partial charge in [0.15, 0.2) is 5.82 Å². The van der Waals surface area contributed by atoms with Crippen LogP contribution in [0.25, 0.3) is 0 Å². The lowest BCUT2D eigenvalue weighted by Crippen LogP contribution is -2.29. The molecule has 98 valence electrons. The van der Waals surface area contributed by atoms with Crippen LogP contribution in [-0.2, 0) is 6.54 Å². The molecule has 0 fully saturated rings. The van der Waals surface area contributed by atoms with Crippen molar-refractivity contribution in [3.63, 3.8) is 0 Å². The van der Waals surface area contributed by atoms with Gasteiger partial charge in [-0.15, -0.1) is 0 Å². The SMILES string of the molecule is CCCN(Cc1ccc(Cl)nc1)/C(N)=C/[N+](=O)[O-]. The smallest absolute Gasteiger partial charge is 0.274 e. The number of nitro groups is 1. The summed E-state index contributed by atoms with van der Waals surface area (Å²) >= 11 is 5.69. The summed E-state index contributed by atoms with van der Waals surface area (Å²) in [5.74, 6) is 0.136. The summed E-state index contributed by atoms with van der Waals surface area (Å²) in [5.41, 5.74) is 6.58. The zero-order chi connectivity index (χ0) is 13.5. The van der Waals surface area contributed by atoms with Gasteiger partial charge in [-0.05, 0) is 18.1 Å². The zero-order valence-corrected chi connectivity index (χ0v) is 10.8. The Morgan fingerprint density at radius 2 is 2.39 bits per heavy atom. The quantitative estimate of drug-likeness (QED) is 0.485. The maximum absolute atomic E-state index is 10.4. The Balaban J connectivity index is 2.79. The Morgan fingerprint density at radius 1 is 1.67 bits per heavy atom. The molecular formula is C11H15ClN4O2. The second-order valence-electron chi connectivity index (χ2n) is 3.75. The topological polar surface area (TPSA) is 85.3 Å². The Morgan fingerprint density at radius 3 is 2.89 bits per heavy atom. The van der Waals surface area contributed by atoms with Crippen molar-refractivity contribution in [1.82, 2.24) is 9.88 Å². The van der Waals surface area contributed by atoms with Gasteiger partial charge in [0.25, 0.3) is 6.20 Å². The zero-order valence-electron chi connectivity index (χ0n) is 10.0. The van der Waals surface area contributed by atoms with Crippen molar-refractivity contribution < 1.29 is 4.92 Å². The minimum atomic E-state index is -0.557. The maximum Gasteiger partial charge on any atom is 0.274 e. The summed E-state index contributed by atoms with van der Waals surface area (Å²) in [4.78, 5) is 15.5. The summed E-state index contributed by atoms with van der Waals surface area (Å²) in [5, 5.41) is 10.8. The molecule has 6 nitrogen and oxygen atoms in total. The summed E-state index contributed by atoms with van der Waals surface area (Å²) < 4.78 is 0. The van der Waals surface area contributed by atoms with Gasteiger partial charge in [-0.25, -0.2) is 4.98 Å². The third-order valence-corrected chi connectivity index (χ3v) is 2.48. The number of halogens is 1. The second-order valence-corrected chi connectivity index (χ2v) is 4.14. The fraction of sp³-hybridized carbons (Fsp3) is 0.364. The van der Waals surface area contributed by atoms with E-state index in [1.54, 1.807) is 17.2 Å². The molecule has 0 atom stereocenters. The van der Waals surface area contributed by atoms with Gasteiger partial charge in [-0.1, -0.05) is 24.6 Å². The summed E-state index contributed by atoms with van der Waals surface area (Å²) in [6.45, 7) is 3.08. The van der Waals surface area contributed by atoms with E-state index < -0.39 is 4.92 Å². The molecule has 0 aliphatic rings. The number of hydrogen-bond acceptors (Lipinski definition) is 5. The van der Waals surface area contributed by atoms with Crippen LogP contribution in [0.1, 0.15) is 18.9 Å². The van der Waals surface area contributed by atoms with E-state index in [9.17, 15) is 10.1 Å². The highest BCUT2D eigenvalue weighted by Gasteiger charge is 2.10. The van der Waals surface area contributed by atoms with E-state index in [0.29, 0.717) is 18.2 Å². The highest BCUT2D eigenvalue weighted by atomic mass is 35.5. The number of hydrogen-bond donors (Lipinski definition) is 1. The molecule has 1 rings (SSSR count). The van der Waals surface area contributed by atoms with Crippen LogP contribution in [0.2, 0.25) is 5.15 Å². The minimum absolute atomic E-state index is 0.136. The first kappa shape index (κ1) is 14.2. The van der Waals surface area contributed by atoms with Crippen LogP contribution in [0.15, 0.2) is 30.4 Å². The van der Waals surface area contributed by atoms with Gasteiger partial charge in [0, 0.05) is 19.3 Å². The number of nitrogens with zero attached hydrogens (tertiary/aromatic N) is 3. The van der Waals surface area contributed by atoms with E-state index in [-0.39, 0.29) is 5.82 Å². The van der Waals surface area contributed by atoms with E-state index >= 15 is 0 Å². The molecule has 0 aliphatic heterocycles. The van der Waals surface area contributed by atoms with E-state index in [4.69, 9.17) is 17.3 Å². The van der Waals surface area contributed by atoms with E-state index in [2.05, 4.69) is 4.98 Å². The molecule has 0 amide bonds. The molecular weight excluding hydrogens is 256 g/mol. The van der Waals surface area contributed by atoms with Crippen LogP contribution >= 0.6 is 11.6 Å². The Kier molecular flexibility index (Phi) is 5.38. The molecule has 1 heterocycles. The summed E-state index contributed by atoms with van der Waals surface area (Å²) in [6.07, 6.45) is 3.27. The van der Waals surface area contributed by atoms with Crippen molar-refractivity contribution in [2.45, 2.75) is 19.9 Å². The standard InChI is InChI=1S/C11H15ClN4O2/c1-2-5-15(11(13)8-16(17)18)7-9-3-4-10(12)14-6-9/h3-4,6,8H,2,5,7,13H2,1H3/b11-8+. The van der Waals surface area contributed by atoms with Crippen LogP contribution in [-0.4, -0.2) is 21.4 Å². The molecule has 0 aliphatic carbocycles. The fourth-order valence-corrected chi connectivity index (χ4v) is 1.59. The highest BCUT2D eigenvalue weighted by Crippen LogP contribution is 2.10. The van der Waals surface area contributed by atoms with E-state index in [1.807, 2.05) is 13.0 Å². The predicted molar refractivity (Wildman–Crippen MR) is 69.2 cm³/mol. The molecule has 0 aromatic carbocycles. The number of pyridine rings is 1. The lowest BCUT2D eigenvalue weighted by Gasteiger charge is -2.22. The molecule has 7 heteroatoms. The normalized spacial score (nSPS) is 11.3. The van der Waals surface area contributed by atoms with Crippen molar-refractivity contribution in [3.8, 4) is 0 Å². The second kappa shape index (κ2) is 6.80. The first-order chi connectivity index (χ1) is 8.52. The molecule has 0 unspecified atom stereocenters. The van der Waals surface area contributed by atoms with Crippen LogP contribution in [0.3, 0.4) is 0 Å². The van der Waals surface area contributed by atoms with Crippen molar-refractivity contribution >= 4 is 11.6 Å². The molecule has 0 radical (unpaired) electrons. The number of aromatic nitrogens is 1. The summed E-state index contributed by atoms with van der Waals surface area (Å²) in [7, 11) is 0. The molecule has 1 aromatic rings. The van der Waals surface area contributed by atoms with Crippen LogP contribution in [0.5, 0.6) is 0 Å². The molecule has 0 saturated carbocycles. The molecule has 0 spiro atoms. The van der Waals surface area contributed by atoms with E-state index in [0.717, 1.165) is 18.2 Å². The van der Waals surface area contributed by atoms with Gasteiger partial charge in [0.2, 0.25) is 0 Å². The highest BCUT2D eigenvalue weighted by molar-refractivity contribution is 6.29. The van der Waals surface area contributed by atoms with Crippen LogP contribution in [0, 0.1) is 10.1 Å². The predicted octanol–water partition coefficient (Wildman–Crippen LogP) is 1.98. The van der Waals surface area contributed by atoms with Gasteiger partial charge < -0.3 is 10.6 Å². The molecule has 1 aromatic heterocycles. The van der Waals surface area contributed by atoms with Crippen molar-refractivity contribution in [3.05, 3.63) is 51.2 Å². The largest absolute Gasteiger partial charge is 0.380 e. The molecule has 0 bridgehead atoms. The monoisotopic (exact) mass is 270 g/mol. The van der Waals surface area contributed by atoms with E-state index in [1.165, 1.54) is 0 Å². The molecule has 18 heavy (non-hydrogen) atoms. The van der Waals surface area contributed by atoms with Crippen LogP contribution in [0.4, 0.5) is 0 Å². The van der Waals surface area contributed by atoms with Crippen molar-refractivity contribution in [1.29, 1.82) is 0 Å². The average molecular weight is 271 g/mol. The summed E-state index contributed by atoms with van der Waals surface area (Å²) in [6, 6.07) is 3.49. The van der Waals surface area contributed by atoms with Gasteiger partial charge in [0.05, 0.1) is 4.92 Å². The van der Waals surface area contributed by atoms with Crippen molar-refractivity contribution in [2.24, 2.45) is 5.73 Å². The van der Waals surface area contributed by atoms with Crippen molar-refractivity contribution in [2.75, 3.05) is 6.54 Å². The van der Waals surface area contributed by atoms with Gasteiger partial charge in [-0.3, -0.25) is 10.1 Å². The minimum Gasteiger partial charge on any atom is -0.380 e. The lowest BCUT2D eigenvalue weighted by atomic mass is 10.2. The number of nitrogens with two attached hydrogens (primary N) is 1. The van der Waals surface area contributed by atoms with Gasteiger partial charge in [0.1, 0.15) is 5.15 Å². The Labute approximate surface area is 110 Å². The third-order valence-electron chi connectivity index (χ3n) is 2.26. The Bertz CT molecular complexity index is 433. The van der Waals surface area contributed by atoms with Crippen LogP contribution < -0.4 is 5.73 Å². The molecule has 2 N–H and O–H groups in total. The fourth-order valence-electron chi connectivity index (χ4n) is 1.48.